The summed E-state index contributed by atoms with van der Waals surface area (Å²) in [6.45, 7) is 0. The van der Waals surface area contributed by atoms with Gasteiger partial charge in [-0.05, 0) is 0 Å². The van der Waals surface area contributed by atoms with E-state index in [1.807, 2.05) is 36.4 Å². The minimum Gasteiger partial charge on any atom is -0.286 e. The van der Waals surface area contributed by atoms with Crippen LogP contribution in [0.3, 0.4) is 0 Å². The first kappa shape index (κ1) is 14.6. The maximum atomic E-state index is 9.19. The third kappa shape index (κ3) is 22.5. The molecule has 1 N–H and O–H groups in total. The molecule has 3 nitrogen and oxygen atoms in total. The fourth-order valence-corrected chi connectivity index (χ4v) is 0.385. The molecule has 0 aliphatic rings. The maximum Gasteiger partial charge on any atom is 0.261 e. The summed E-state index contributed by atoms with van der Waals surface area (Å²) < 4.78 is 25.9. The van der Waals surface area contributed by atoms with Gasteiger partial charge in [0.25, 0.3) is 10.1 Å². The molecule has 0 amide bonds. The van der Waals surface area contributed by atoms with Gasteiger partial charge in [0.15, 0.2) is 0 Å². The Bertz CT molecular complexity index is 235. The zero-order valence-corrected chi connectivity index (χ0v) is 9.95. The molecule has 0 atom stereocenters. The fourth-order valence-electron chi connectivity index (χ4n) is 0.385. The molecule has 0 aliphatic carbocycles. The Morgan fingerprint density at radius 3 is 1.08 bits per heavy atom. The normalized spacial score (nSPS) is 8.83. The average Bonchev–Trinajstić information content (AvgIpc) is 1.88. The summed E-state index contributed by atoms with van der Waals surface area (Å²) >= 11 is 0. The van der Waals surface area contributed by atoms with Gasteiger partial charge >= 0.3 is 0 Å². The van der Waals surface area contributed by atoms with Crippen LogP contribution in [-0.4, -0.2) is 48.8 Å². The first-order chi connectivity index (χ1) is 5.00. The number of rotatable bonds is 0. The first-order valence-electron chi connectivity index (χ1n) is 2.92. The van der Waals surface area contributed by atoms with Gasteiger partial charge in [0.05, 0.1) is 6.26 Å². The van der Waals surface area contributed by atoms with Crippen molar-refractivity contribution in [3.8, 4) is 0 Å². The van der Waals surface area contributed by atoms with Gasteiger partial charge in [0.1, 0.15) is 0 Å². The third-order valence-electron chi connectivity index (χ3n) is 0.667. The minimum atomic E-state index is -3.67. The van der Waals surface area contributed by atoms with E-state index in [-0.39, 0.29) is 29.6 Å². The van der Waals surface area contributed by atoms with Crippen LogP contribution in [-0.2, 0) is 10.1 Å². The predicted octanol–water partition coefficient (Wildman–Crippen LogP) is 0.810. The minimum absolute atomic E-state index is 0. The van der Waals surface area contributed by atoms with E-state index in [2.05, 4.69) is 0 Å². The Kier molecular flexibility index (Phi) is 9.47. The predicted molar refractivity (Wildman–Crippen MR) is 49.7 cm³/mol. The van der Waals surface area contributed by atoms with E-state index in [9.17, 15) is 8.42 Å². The van der Waals surface area contributed by atoms with Crippen molar-refractivity contribution in [2.75, 3.05) is 6.26 Å². The average molecular weight is 197 g/mol. The van der Waals surface area contributed by atoms with Crippen LogP contribution in [0.4, 0.5) is 0 Å². The van der Waals surface area contributed by atoms with E-state index >= 15 is 0 Å². The van der Waals surface area contributed by atoms with Crippen LogP contribution in [0.5, 0.6) is 0 Å². The zero-order valence-electron chi connectivity index (χ0n) is 7.14. The smallest absolute Gasteiger partial charge is 0.261 e. The quantitative estimate of drug-likeness (QED) is 0.494. The van der Waals surface area contributed by atoms with Crippen molar-refractivity contribution in [3.63, 3.8) is 0 Å². The van der Waals surface area contributed by atoms with Gasteiger partial charge < -0.3 is 0 Å². The molecule has 1 aromatic carbocycles. The number of hydrogen-bond acceptors (Lipinski definition) is 2. The molecule has 5 heteroatoms. The van der Waals surface area contributed by atoms with E-state index in [0.717, 1.165) is 0 Å². The molecular weight excluding hydrogens is 187 g/mol. The summed E-state index contributed by atoms with van der Waals surface area (Å²) in [5.74, 6) is 0. The molecule has 0 saturated carbocycles. The second-order valence-electron chi connectivity index (χ2n) is 1.89. The summed E-state index contributed by atoms with van der Waals surface area (Å²) in [6, 6.07) is 12.0. The Labute approximate surface area is 94.8 Å². The van der Waals surface area contributed by atoms with Crippen LogP contribution in [0.2, 0.25) is 0 Å². The van der Waals surface area contributed by atoms with Crippen molar-refractivity contribution < 1.29 is 13.0 Å². The van der Waals surface area contributed by atoms with E-state index in [1.165, 1.54) is 0 Å². The van der Waals surface area contributed by atoms with Gasteiger partial charge in [0.2, 0.25) is 0 Å². The molecule has 0 unspecified atom stereocenters. The Hall–Kier alpha value is 0.130. The van der Waals surface area contributed by atoms with Crippen LogP contribution < -0.4 is 0 Å². The van der Waals surface area contributed by atoms with Crippen molar-refractivity contribution in [2.45, 2.75) is 0 Å². The summed E-state index contributed by atoms with van der Waals surface area (Å²) in [5.41, 5.74) is 0. The molecule has 0 heterocycles. The van der Waals surface area contributed by atoms with Gasteiger partial charge in [-0.15, -0.1) is 0 Å². The van der Waals surface area contributed by atoms with Gasteiger partial charge in [0, 0.05) is 29.6 Å². The molecule has 12 heavy (non-hydrogen) atoms. The van der Waals surface area contributed by atoms with Crippen molar-refractivity contribution in [1.82, 2.24) is 0 Å². The maximum absolute atomic E-state index is 9.19. The Morgan fingerprint density at radius 2 is 1.00 bits per heavy atom. The zero-order chi connectivity index (χ0) is 8.74. The van der Waals surface area contributed by atoms with E-state index in [1.54, 1.807) is 0 Å². The Balaban J connectivity index is 0. The standard InChI is InChI=1S/C6H6.CH4O3S.Na/c1-2-4-6-5-3-1;1-5(2,3)4;/h1-6H;1H3,(H,2,3,4);. The van der Waals surface area contributed by atoms with E-state index in [0.29, 0.717) is 6.26 Å². The van der Waals surface area contributed by atoms with Crippen LogP contribution >= 0.6 is 0 Å². The second-order valence-corrected chi connectivity index (χ2v) is 3.35. The molecule has 0 spiro atoms. The number of hydrogen-bond donors (Lipinski definition) is 1. The second kappa shape index (κ2) is 7.76. The van der Waals surface area contributed by atoms with Crippen molar-refractivity contribution in [3.05, 3.63) is 36.4 Å². The van der Waals surface area contributed by atoms with Crippen LogP contribution in [0.1, 0.15) is 0 Å². The monoisotopic (exact) mass is 197 g/mol. The van der Waals surface area contributed by atoms with Crippen molar-refractivity contribution in [2.24, 2.45) is 0 Å². The molecule has 0 fully saturated rings. The molecule has 0 bridgehead atoms. The molecule has 0 aromatic heterocycles. The van der Waals surface area contributed by atoms with Crippen molar-refractivity contribution in [1.29, 1.82) is 0 Å². The summed E-state index contributed by atoms with van der Waals surface area (Å²) in [5, 5.41) is 0. The molecule has 1 rings (SSSR count). The van der Waals surface area contributed by atoms with Crippen LogP contribution in [0, 0.1) is 0 Å². The molecule has 0 aliphatic heterocycles. The summed E-state index contributed by atoms with van der Waals surface area (Å²) in [6.07, 6.45) is 0.715. The number of benzene rings is 1. The first-order valence-corrected chi connectivity index (χ1v) is 4.77. The largest absolute Gasteiger partial charge is 0.286 e. The van der Waals surface area contributed by atoms with Gasteiger partial charge in [-0.1, -0.05) is 36.4 Å². The SMILES string of the molecule is CS(=O)(=O)O.[Na].c1ccccc1. The Morgan fingerprint density at radius 1 is 0.917 bits per heavy atom. The van der Waals surface area contributed by atoms with Crippen LogP contribution in [0.25, 0.3) is 0 Å². The molecule has 0 saturated heterocycles. The summed E-state index contributed by atoms with van der Waals surface area (Å²) in [4.78, 5) is 0. The van der Waals surface area contributed by atoms with Crippen molar-refractivity contribution >= 4 is 39.7 Å². The molecule has 1 aromatic rings. The summed E-state index contributed by atoms with van der Waals surface area (Å²) in [7, 11) is -3.67. The topological polar surface area (TPSA) is 54.4 Å². The van der Waals surface area contributed by atoms with Gasteiger partial charge in [-0.2, -0.15) is 8.42 Å². The van der Waals surface area contributed by atoms with E-state index < -0.39 is 10.1 Å². The molecular formula is C7H10NaO3S. The van der Waals surface area contributed by atoms with E-state index in [4.69, 9.17) is 4.55 Å². The molecule has 63 valence electrons. The molecule has 1 radical (unpaired) electrons. The van der Waals surface area contributed by atoms with Crippen LogP contribution in [0.15, 0.2) is 36.4 Å². The van der Waals surface area contributed by atoms with Gasteiger partial charge in [-0.3, -0.25) is 4.55 Å². The third-order valence-corrected chi connectivity index (χ3v) is 0.667. The van der Waals surface area contributed by atoms with Gasteiger partial charge in [-0.25, -0.2) is 0 Å². The fraction of sp³-hybridized carbons (Fsp3) is 0.143.